The Hall–Kier alpha value is -3.00. The van der Waals surface area contributed by atoms with Crippen LogP contribution in [0.25, 0.3) is 0 Å². The zero-order chi connectivity index (χ0) is 21.6. The molecule has 30 heavy (non-hydrogen) atoms. The third-order valence-corrected chi connectivity index (χ3v) is 5.79. The maximum atomic E-state index is 14.5. The molecule has 2 aromatic carbocycles. The topological polar surface area (TPSA) is 60.9 Å². The Labute approximate surface area is 176 Å². The van der Waals surface area contributed by atoms with Gasteiger partial charge in [0.05, 0.1) is 18.8 Å². The van der Waals surface area contributed by atoms with Gasteiger partial charge in [0.25, 0.3) is 5.91 Å². The van der Waals surface area contributed by atoms with E-state index in [0.29, 0.717) is 5.56 Å². The Morgan fingerprint density at radius 1 is 1.10 bits per heavy atom. The van der Waals surface area contributed by atoms with Gasteiger partial charge >= 0.3 is 0 Å². The number of nitrogens with zero attached hydrogens (tertiary/aromatic N) is 3. The van der Waals surface area contributed by atoms with Crippen molar-refractivity contribution in [1.82, 2.24) is 9.80 Å². The molecule has 4 rings (SSSR count). The highest BCUT2D eigenvalue weighted by atomic mass is 35.5. The molecule has 2 aromatic rings. The molecule has 0 aromatic heterocycles. The van der Waals surface area contributed by atoms with Crippen molar-refractivity contribution >= 4 is 35.0 Å². The lowest BCUT2D eigenvalue weighted by molar-refractivity contribution is -0.169. The Morgan fingerprint density at radius 2 is 1.77 bits per heavy atom. The minimum absolute atomic E-state index is 0.0137. The van der Waals surface area contributed by atoms with Crippen LogP contribution in [0.1, 0.15) is 12.5 Å². The summed E-state index contributed by atoms with van der Waals surface area (Å²) in [5, 5.41) is 0.172. The van der Waals surface area contributed by atoms with Crippen molar-refractivity contribution in [2.75, 3.05) is 24.5 Å². The molecular weight excluding hydrogens is 416 g/mol. The van der Waals surface area contributed by atoms with E-state index in [4.69, 9.17) is 11.6 Å². The predicted molar refractivity (Wildman–Crippen MR) is 106 cm³/mol. The molecule has 0 aliphatic carbocycles. The number of carbonyl (C=O) groups is 3. The van der Waals surface area contributed by atoms with E-state index in [1.54, 1.807) is 0 Å². The standard InChI is InChI=1S/C21H18ClF2N3O3/c1-13(28)25-11-21(12-25)20(30)26(18-7-4-15(22)8-17(18)24)10-19(29)27(21)9-14-2-5-16(23)6-3-14/h2-8H,9-12H2,1H3. The quantitative estimate of drug-likeness (QED) is 0.747. The van der Waals surface area contributed by atoms with Gasteiger partial charge < -0.3 is 9.80 Å². The van der Waals surface area contributed by atoms with Crippen molar-refractivity contribution in [2.24, 2.45) is 0 Å². The Balaban J connectivity index is 1.70. The van der Waals surface area contributed by atoms with Crippen LogP contribution in [0.15, 0.2) is 42.5 Å². The monoisotopic (exact) mass is 433 g/mol. The highest BCUT2D eigenvalue weighted by Gasteiger charge is 2.60. The van der Waals surface area contributed by atoms with Gasteiger partial charge in [-0.15, -0.1) is 0 Å². The summed E-state index contributed by atoms with van der Waals surface area (Å²) < 4.78 is 27.7. The van der Waals surface area contributed by atoms with Gasteiger partial charge in [0.15, 0.2) is 5.54 Å². The fourth-order valence-corrected chi connectivity index (χ4v) is 4.08. The van der Waals surface area contributed by atoms with E-state index in [0.717, 1.165) is 11.0 Å². The van der Waals surface area contributed by atoms with Gasteiger partial charge in [-0.2, -0.15) is 0 Å². The van der Waals surface area contributed by atoms with Crippen molar-refractivity contribution in [1.29, 1.82) is 0 Å². The average Bonchev–Trinajstić information content (AvgIpc) is 2.65. The first-order chi connectivity index (χ1) is 14.2. The van der Waals surface area contributed by atoms with Crippen LogP contribution in [0.3, 0.4) is 0 Å². The van der Waals surface area contributed by atoms with Crippen molar-refractivity contribution in [3.05, 3.63) is 64.7 Å². The number of anilines is 1. The minimum atomic E-state index is -1.30. The molecule has 6 nitrogen and oxygen atoms in total. The number of carbonyl (C=O) groups excluding carboxylic acids is 3. The number of benzene rings is 2. The molecule has 2 aliphatic heterocycles. The zero-order valence-electron chi connectivity index (χ0n) is 16.1. The van der Waals surface area contributed by atoms with Crippen molar-refractivity contribution < 1.29 is 23.2 Å². The van der Waals surface area contributed by atoms with Crippen molar-refractivity contribution in [3.63, 3.8) is 0 Å². The molecule has 9 heteroatoms. The molecule has 0 atom stereocenters. The minimum Gasteiger partial charge on any atom is -0.337 e. The number of amides is 3. The molecule has 156 valence electrons. The molecule has 0 bridgehead atoms. The van der Waals surface area contributed by atoms with Crippen LogP contribution in [0.4, 0.5) is 14.5 Å². The first-order valence-corrected chi connectivity index (χ1v) is 9.66. The normalized spacial score (nSPS) is 18.1. The number of likely N-dealkylation sites (tertiary alicyclic amines) is 1. The first-order valence-electron chi connectivity index (χ1n) is 9.29. The summed E-state index contributed by atoms with van der Waals surface area (Å²) in [7, 11) is 0. The Morgan fingerprint density at radius 3 is 2.37 bits per heavy atom. The van der Waals surface area contributed by atoms with Gasteiger partial charge in [-0.05, 0) is 35.9 Å². The molecule has 0 saturated carbocycles. The number of halogens is 3. The van der Waals surface area contributed by atoms with E-state index >= 15 is 0 Å². The maximum absolute atomic E-state index is 14.5. The molecule has 2 fully saturated rings. The van der Waals surface area contributed by atoms with Gasteiger partial charge in [0, 0.05) is 18.5 Å². The van der Waals surface area contributed by atoms with Crippen LogP contribution >= 0.6 is 11.6 Å². The second-order valence-corrected chi connectivity index (χ2v) is 7.94. The molecule has 0 unspecified atom stereocenters. The molecule has 2 saturated heterocycles. The van der Waals surface area contributed by atoms with Gasteiger partial charge in [-0.1, -0.05) is 23.7 Å². The fourth-order valence-electron chi connectivity index (χ4n) is 3.92. The van der Waals surface area contributed by atoms with Crippen LogP contribution in [-0.2, 0) is 20.9 Å². The SMILES string of the molecule is CC(=O)N1CC2(C1)C(=O)N(c1ccc(Cl)cc1F)CC(=O)N2Cc1ccc(F)cc1. The highest BCUT2D eigenvalue weighted by Crippen LogP contribution is 2.37. The lowest BCUT2D eigenvalue weighted by atomic mass is 9.83. The maximum Gasteiger partial charge on any atom is 0.257 e. The van der Waals surface area contributed by atoms with Gasteiger partial charge in [-0.25, -0.2) is 8.78 Å². The van der Waals surface area contributed by atoms with E-state index in [1.807, 2.05) is 0 Å². The third kappa shape index (κ3) is 3.31. The molecular formula is C21H18ClF2N3O3. The summed E-state index contributed by atoms with van der Waals surface area (Å²) >= 11 is 5.80. The van der Waals surface area contributed by atoms with E-state index in [2.05, 4.69) is 0 Å². The van der Waals surface area contributed by atoms with Crippen LogP contribution in [0.5, 0.6) is 0 Å². The second-order valence-electron chi connectivity index (χ2n) is 7.50. The van der Waals surface area contributed by atoms with Gasteiger partial charge in [0.2, 0.25) is 11.8 Å². The first kappa shape index (κ1) is 20.3. The van der Waals surface area contributed by atoms with Gasteiger partial charge in [0.1, 0.15) is 18.2 Å². The summed E-state index contributed by atoms with van der Waals surface area (Å²) in [6, 6.07) is 9.49. The van der Waals surface area contributed by atoms with E-state index in [-0.39, 0.29) is 42.8 Å². The fraction of sp³-hybridized carbons (Fsp3) is 0.286. The number of hydrogen-bond acceptors (Lipinski definition) is 3. The zero-order valence-corrected chi connectivity index (χ0v) is 16.8. The largest absolute Gasteiger partial charge is 0.337 e. The summed E-state index contributed by atoms with van der Waals surface area (Å²) in [5.74, 6) is -2.21. The van der Waals surface area contributed by atoms with Crippen LogP contribution in [0.2, 0.25) is 5.02 Å². The Bertz CT molecular complexity index is 1040. The third-order valence-electron chi connectivity index (χ3n) is 5.56. The van der Waals surface area contributed by atoms with Crippen molar-refractivity contribution in [2.45, 2.75) is 19.0 Å². The summed E-state index contributed by atoms with van der Waals surface area (Å²) in [5.41, 5.74) is -0.703. The second kappa shape index (κ2) is 7.36. The van der Waals surface area contributed by atoms with E-state index < -0.39 is 29.0 Å². The number of piperazine rings is 1. The average molecular weight is 434 g/mol. The molecule has 1 spiro atoms. The molecule has 0 radical (unpaired) electrons. The molecule has 2 aliphatic rings. The molecule has 0 N–H and O–H groups in total. The lowest BCUT2D eigenvalue weighted by Gasteiger charge is -2.57. The number of rotatable bonds is 3. The summed E-state index contributed by atoms with van der Waals surface area (Å²) in [6.07, 6.45) is 0. The van der Waals surface area contributed by atoms with Crippen LogP contribution < -0.4 is 4.90 Å². The van der Waals surface area contributed by atoms with E-state index in [9.17, 15) is 23.2 Å². The summed E-state index contributed by atoms with van der Waals surface area (Å²) in [4.78, 5) is 42.3. The molecule has 2 heterocycles. The smallest absolute Gasteiger partial charge is 0.257 e. The molecule has 3 amide bonds. The number of hydrogen-bond donors (Lipinski definition) is 0. The highest BCUT2D eigenvalue weighted by molar-refractivity contribution is 6.30. The summed E-state index contributed by atoms with van der Waals surface area (Å²) in [6.45, 7) is 1.14. The van der Waals surface area contributed by atoms with Gasteiger partial charge in [-0.3, -0.25) is 19.3 Å². The van der Waals surface area contributed by atoms with Crippen molar-refractivity contribution in [3.8, 4) is 0 Å². The Kier molecular flexibility index (Phi) is 4.97. The van der Waals surface area contributed by atoms with Crippen LogP contribution in [-0.4, -0.2) is 52.7 Å². The lowest BCUT2D eigenvalue weighted by Crippen LogP contribution is -2.81. The van der Waals surface area contributed by atoms with Crippen LogP contribution in [0, 0.1) is 11.6 Å². The van der Waals surface area contributed by atoms with E-state index in [1.165, 1.54) is 53.1 Å². The predicted octanol–water partition coefficient (Wildman–Crippen LogP) is 2.59.